The number of nitrogens with zero attached hydrogens (tertiary/aromatic N) is 2. The zero-order chi connectivity index (χ0) is 21.0. The first-order chi connectivity index (χ1) is 13.9. The molecule has 0 radical (unpaired) electrons. The van der Waals surface area contributed by atoms with Gasteiger partial charge in [-0.1, -0.05) is 24.2 Å². The van der Waals surface area contributed by atoms with Crippen LogP contribution in [0.5, 0.6) is 0 Å². The highest BCUT2D eigenvalue weighted by Crippen LogP contribution is 2.19. The van der Waals surface area contributed by atoms with Crippen LogP contribution < -0.4 is 5.32 Å². The molecule has 8 heteroatoms. The molecule has 0 saturated heterocycles. The average molecular weight is 413 g/mol. The molecule has 0 aliphatic heterocycles. The summed E-state index contributed by atoms with van der Waals surface area (Å²) in [5.74, 6) is -0.180. The lowest BCUT2D eigenvalue weighted by atomic mass is 10.1. The van der Waals surface area contributed by atoms with E-state index in [-0.39, 0.29) is 18.9 Å². The van der Waals surface area contributed by atoms with Crippen LogP contribution in [0.25, 0.3) is 0 Å². The van der Waals surface area contributed by atoms with Crippen LogP contribution in [-0.4, -0.2) is 22.0 Å². The minimum atomic E-state index is -0.484. The van der Waals surface area contributed by atoms with Crippen molar-refractivity contribution in [3.63, 3.8) is 0 Å². The van der Waals surface area contributed by atoms with E-state index < -0.39 is 5.97 Å². The number of rotatable bonds is 7. The van der Waals surface area contributed by atoms with Gasteiger partial charge in [-0.05, 0) is 44.4 Å². The molecule has 0 aliphatic carbocycles. The van der Waals surface area contributed by atoms with E-state index in [0.717, 1.165) is 16.8 Å². The lowest BCUT2D eigenvalue weighted by Crippen LogP contribution is -2.15. The second-order valence-electron chi connectivity index (χ2n) is 6.77. The van der Waals surface area contributed by atoms with E-state index >= 15 is 0 Å². The summed E-state index contributed by atoms with van der Waals surface area (Å²) in [7, 11) is 0. The Morgan fingerprint density at radius 2 is 2.03 bits per heavy atom. The van der Waals surface area contributed by atoms with Crippen LogP contribution >= 0.6 is 11.3 Å². The number of ether oxygens (including phenoxy) is 1. The summed E-state index contributed by atoms with van der Waals surface area (Å²) in [6, 6.07) is 5.92. The summed E-state index contributed by atoms with van der Waals surface area (Å²) >= 11 is 1.36. The van der Waals surface area contributed by atoms with Gasteiger partial charge in [0.15, 0.2) is 0 Å². The van der Waals surface area contributed by atoms with Crippen LogP contribution in [0.1, 0.15) is 50.6 Å². The fourth-order valence-electron chi connectivity index (χ4n) is 2.83. The molecular weight excluding hydrogens is 390 g/mol. The van der Waals surface area contributed by atoms with Gasteiger partial charge in [0, 0.05) is 11.1 Å². The Morgan fingerprint density at radius 3 is 2.79 bits per heavy atom. The summed E-state index contributed by atoms with van der Waals surface area (Å²) in [6.45, 7) is 7.53. The molecule has 1 amide bonds. The van der Waals surface area contributed by atoms with Crippen LogP contribution in [0.3, 0.4) is 0 Å². The number of carbonyl (C=O) groups excluding carboxylic acids is 2. The summed E-state index contributed by atoms with van der Waals surface area (Å²) in [6.07, 6.45) is 0.745. The van der Waals surface area contributed by atoms with Crippen molar-refractivity contribution < 1.29 is 18.8 Å². The molecule has 1 aromatic carbocycles. The zero-order valence-corrected chi connectivity index (χ0v) is 17.7. The number of thiazole rings is 1. The van der Waals surface area contributed by atoms with Crippen LogP contribution in [0, 0.1) is 20.8 Å². The number of amides is 1. The predicted molar refractivity (Wildman–Crippen MR) is 110 cm³/mol. The van der Waals surface area contributed by atoms with Gasteiger partial charge in [0.2, 0.25) is 5.91 Å². The highest BCUT2D eigenvalue weighted by atomic mass is 32.1. The number of hydrogen-bond acceptors (Lipinski definition) is 7. The molecule has 0 unspecified atom stereocenters. The van der Waals surface area contributed by atoms with Crippen molar-refractivity contribution in [2.45, 2.75) is 47.1 Å². The van der Waals surface area contributed by atoms with Crippen molar-refractivity contribution in [3.05, 3.63) is 62.4 Å². The van der Waals surface area contributed by atoms with Crippen molar-refractivity contribution in [1.29, 1.82) is 0 Å². The molecule has 0 bridgehead atoms. The number of esters is 1. The molecule has 2 aromatic heterocycles. The largest absolute Gasteiger partial charge is 0.455 e. The van der Waals surface area contributed by atoms with Crippen molar-refractivity contribution in [1.82, 2.24) is 10.1 Å². The molecule has 0 aliphatic rings. The van der Waals surface area contributed by atoms with E-state index in [0.29, 0.717) is 34.1 Å². The third-order valence-corrected chi connectivity index (χ3v) is 5.30. The first kappa shape index (κ1) is 20.7. The summed E-state index contributed by atoms with van der Waals surface area (Å²) < 4.78 is 10.4. The quantitative estimate of drug-likeness (QED) is 0.585. The third kappa shape index (κ3) is 5.08. The molecule has 0 spiro atoms. The van der Waals surface area contributed by atoms with Gasteiger partial charge in [0.25, 0.3) is 0 Å². The van der Waals surface area contributed by atoms with Crippen molar-refractivity contribution >= 4 is 28.9 Å². The fraction of sp³-hybridized carbons (Fsp3) is 0.333. The molecule has 2 heterocycles. The first-order valence-corrected chi connectivity index (χ1v) is 10.2. The Hall–Kier alpha value is -3.00. The van der Waals surface area contributed by atoms with Crippen LogP contribution in [-0.2, 0) is 29.0 Å². The number of aryl methyl sites for hydroxylation is 4. The van der Waals surface area contributed by atoms with E-state index in [4.69, 9.17) is 9.26 Å². The van der Waals surface area contributed by atoms with E-state index in [1.54, 1.807) is 12.3 Å². The number of benzene rings is 1. The number of anilines is 1. The predicted octanol–water partition coefficient (Wildman–Crippen LogP) is 4.16. The SMILES string of the molecule is CCc1noc(C)c1C(=O)OCc1csc(CC(=O)Nc2cc(C)ccc2C)n1. The number of nitrogens with one attached hydrogen (secondary N) is 1. The van der Waals surface area contributed by atoms with E-state index in [1.165, 1.54) is 11.3 Å². The lowest BCUT2D eigenvalue weighted by molar-refractivity contribution is -0.115. The molecule has 1 N–H and O–H groups in total. The summed E-state index contributed by atoms with van der Waals surface area (Å²) in [5.41, 5.74) is 4.44. The summed E-state index contributed by atoms with van der Waals surface area (Å²) in [5, 5.41) is 9.23. The van der Waals surface area contributed by atoms with E-state index in [9.17, 15) is 9.59 Å². The smallest absolute Gasteiger partial charge is 0.344 e. The van der Waals surface area contributed by atoms with Gasteiger partial charge in [0.1, 0.15) is 22.9 Å². The molecule has 152 valence electrons. The van der Waals surface area contributed by atoms with Gasteiger partial charge < -0.3 is 14.6 Å². The second-order valence-corrected chi connectivity index (χ2v) is 7.71. The maximum atomic E-state index is 12.3. The molecule has 0 saturated carbocycles. The van der Waals surface area contributed by atoms with E-state index in [2.05, 4.69) is 15.5 Å². The molecule has 3 rings (SSSR count). The standard InChI is InChI=1S/C21H23N3O4S/c1-5-16-20(14(4)28-24-16)21(26)27-10-15-11-29-19(22-15)9-18(25)23-17-8-12(2)6-7-13(17)3/h6-8,11H,5,9-10H2,1-4H3,(H,23,25). The lowest BCUT2D eigenvalue weighted by Gasteiger charge is -2.08. The van der Waals surface area contributed by atoms with Crippen molar-refractivity contribution in [2.24, 2.45) is 0 Å². The third-order valence-electron chi connectivity index (χ3n) is 4.40. The van der Waals surface area contributed by atoms with Gasteiger partial charge in [-0.3, -0.25) is 4.79 Å². The monoisotopic (exact) mass is 413 g/mol. The van der Waals surface area contributed by atoms with Gasteiger partial charge in [-0.25, -0.2) is 9.78 Å². The Balaban J connectivity index is 1.56. The Labute approximate surface area is 173 Å². The number of hydrogen-bond donors (Lipinski definition) is 1. The van der Waals surface area contributed by atoms with Gasteiger partial charge in [-0.15, -0.1) is 11.3 Å². The Bertz CT molecular complexity index is 1040. The molecular formula is C21H23N3O4S. The van der Waals surface area contributed by atoms with Crippen molar-refractivity contribution in [2.75, 3.05) is 5.32 Å². The van der Waals surface area contributed by atoms with Crippen molar-refractivity contribution in [3.8, 4) is 0 Å². The van der Waals surface area contributed by atoms with E-state index in [1.807, 2.05) is 39.0 Å². The molecule has 3 aromatic rings. The minimum absolute atomic E-state index is 0.0295. The molecule has 0 atom stereocenters. The second kappa shape index (κ2) is 9.00. The molecule has 0 fully saturated rings. The molecule has 7 nitrogen and oxygen atoms in total. The maximum Gasteiger partial charge on any atom is 0.344 e. The fourth-order valence-corrected chi connectivity index (χ4v) is 3.61. The topological polar surface area (TPSA) is 94.3 Å². The number of carbonyl (C=O) groups is 2. The highest BCUT2D eigenvalue weighted by molar-refractivity contribution is 7.09. The summed E-state index contributed by atoms with van der Waals surface area (Å²) in [4.78, 5) is 29.0. The molecule has 29 heavy (non-hydrogen) atoms. The average Bonchev–Trinajstić information content (AvgIpc) is 3.28. The first-order valence-electron chi connectivity index (χ1n) is 9.30. The highest BCUT2D eigenvalue weighted by Gasteiger charge is 2.21. The van der Waals surface area contributed by atoms with Crippen LogP contribution in [0.15, 0.2) is 28.1 Å². The zero-order valence-electron chi connectivity index (χ0n) is 16.9. The Kier molecular flexibility index (Phi) is 6.43. The van der Waals surface area contributed by atoms with Gasteiger partial charge >= 0.3 is 5.97 Å². The maximum absolute atomic E-state index is 12.3. The van der Waals surface area contributed by atoms with Crippen LogP contribution in [0.4, 0.5) is 5.69 Å². The normalized spacial score (nSPS) is 10.8. The minimum Gasteiger partial charge on any atom is -0.455 e. The van der Waals surface area contributed by atoms with Gasteiger partial charge in [-0.2, -0.15) is 0 Å². The Morgan fingerprint density at radius 1 is 1.24 bits per heavy atom. The van der Waals surface area contributed by atoms with Gasteiger partial charge in [0.05, 0.1) is 17.8 Å². The number of aromatic nitrogens is 2. The van der Waals surface area contributed by atoms with Crippen LogP contribution in [0.2, 0.25) is 0 Å².